The summed E-state index contributed by atoms with van der Waals surface area (Å²) in [5, 5.41) is 0. The lowest BCUT2D eigenvalue weighted by Gasteiger charge is -2.09. The van der Waals surface area contributed by atoms with E-state index in [-0.39, 0.29) is 12.4 Å². The van der Waals surface area contributed by atoms with Gasteiger partial charge in [-0.25, -0.2) is 0 Å². The summed E-state index contributed by atoms with van der Waals surface area (Å²) in [5.74, 6) is 0.290. The van der Waals surface area contributed by atoms with Crippen LogP contribution in [0.5, 0.6) is 5.75 Å². The molecule has 0 spiro atoms. The number of thiocarbonyl (C=S) groups is 1. The van der Waals surface area contributed by atoms with Crippen LogP contribution in [0.2, 0.25) is 0 Å². The molecule has 4 heteroatoms. The molecule has 0 bridgehead atoms. The Kier molecular flexibility index (Phi) is 3.99. The fourth-order valence-corrected chi connectivity index (χ4v) is 1.86. The van der Waals surface area contributed by atoms with Gasteiger partial charge in [0, 0.05) is 23.2 Å². The van der Waals surface area contributed by atoms with E-state index >= 15 is 0 Å². The Morgan fingerprint density at radius 1 is 1.44 bits per heavy atom. The second kappa shape index (κ2) is 5.69. The van der Waals surface area contributed by atoms with Gasteiger partial charge in [-0.2, -0.15) is 0 Å². The number of benzene rings is 1. The Balaban J connectivity index is 1.98. The molecule has 18 heavy (non-hydrogen) atoms. The molecule has 0 N–H and O–H groups in total. The van der Waals surface area contributed by atoms with Gasteiger partial charge in [-0.3, -0.25) is 9.79 Å². The Morgan fingerprint density at radius 2 is 2.22 bits per heavy atom. The molecule has 0 amide bonds. The van der Waals surface area contributed by atoms with Gasteiger partial charge in [0.25, 0.3) is 0 Å². The molecule has 0 unspecified atom stereocenters. The first kappa shape index (κ1) is 12.6. The van der Waals surface area contributed by atoms with E-state index in [0.29, 0.717) is 12.2 Å². The number of ether oxygens (including phenoxy) is 1. The minimum absolute atomic E-state index is 0.179. The number of aliphatic imine (C=N–C) groups is 1. The Bertz CT molecular complexity index is 546. The number of para-hydroxylation sites is 1. The zero-order chi connectivity index (χ0) is 13.0. The first-order chi connectivity index (χ1) is 8.65. The highest BCUT2D eigenvalue weighted by molar-refractivity contribution is 7.80. The highest BCUT2D eigenvalue weighted by Crippen LogP contribution is 2.17. The average Bonchev–Trinajstić information content (AvgIpc) is 2.32. The molecule has 0 aliphatic carbocycles. The third-order valence-corrected chi connectivity index (χ3v) is 2.84. The zero-order valence-electron chi connectivity index (χ0n) is 10.1. The van der Waals surface area contributed by atoms with E-state index in [9.17, 15) is 4.79 Å². The van der Waals surface area contributed by atoms with Crippen molar-refractivity contribution < 1.29 is 9.53 Å². The number of hydrogen-bond donors (Lipinski definition) is 0. The molecule has 1 aliphatic heterocycles. The Morgan fingerprint density at radius 3 is 2.94 bits per heavy atom. The molecule has 92 valence electrons. The molecule has 2 rings (SSSR count). The third-order valence-electron chi connectivity index (χ3n) is 2.56. The predicted molar refractivity (Wildman–Crippen MR) is 75.2 cm³/mol. The van der Waals surface area contributed by atoms with E-state index in [4.69, 9.17) is 17.0 Å². The van der Waals surface area contributed by atoms with Crippen molar-refractivity contribution in [2.24, 2.45) is 4.99 Å². The van der Waals surface area contributed by atoms with Crippen molar-refractivity contribution in [3.63, 3.8) is 0 Å². The van der Waals surface area contributed by atoms with Gasteiger partial charge in [0.05, 0.1) is 6.42 Å². The number of nitrogens with zero attached hydrogens (tertiary/aromatic N) is 1. The van der Waals surface area contributed by atoms with Crippen molar-refractivity contribution in [2.45, 2.75) is 19.8 Å². The Labute approximate surface area is 111 Å². The quantitative estimate of drug-likeness (QED) is 0.476. The number of carbonyl (C=O) groups is 1. The van der Waals surface area contributed by atoms with Gasteiger partial charge in [-0.05, 0) is 24.6 Å². The molecule has 0 fully saturated rings. The number of hydrogen-bond acceptors (Lipinski definition) is 4. The van der Waals surface area contributed by atoms with E-state index in [1.54, 1.807) is 18.3 Å². The summed E-state index contributed by atoms with van der Waals surface area (Å²) >= 11 is 5.07. The first-order valence-corrected chi connectivity index (χ1v) is 6.07. The number of carbonyl (C=O) groups excluding carboxylic acids is 1. The molecule has 1 aliphatic rings. The lowest BCUT2D eigenvalue weighted by atomic mass is 10.1. The third kappa shape index (κ3) is 3.34. The predicted octanol–water partition coefficient (Wildman–Crippen LogP) is 3.02. The van der Waals surface area contributed by atoms with Crippen LogP contribution in [-0.2, 0) is 4.79 Å². The van der Waals surface area contributed by atoms with Crippen LogP contribution in [0.3, 0.4) is 0 Å². The fourth-order valence-electron chi connectivity index (χ4n) is 1.64. The van der Waals surface area contributed by atoms with Crippen molar-refractivity contribution in [3.05, 3.63) is 42.1 Å². The molecule has 1 aromatic rings. The molecule has 0 saturated carbocycles. The van der Waals surface area contributed by atoms with Crippen LogP contribution in [0.1, 0.15) is 18.4 Å². The van der Waals surface area contributed by atoms with Gasteiger partial charge in [0.2, 0.25) is 0 Å². The van der Waals surface area contributed by atoms with E-state index < -0.39 is 0 Å². The Hall–Kier alpha value is -1.81. The van der Waals surface area contributed by atoms with Crippen molar-refractivity contribution in [2.75, 3.05) is 0 Å². The van der Waals surface area contributed by atoms with E-state index in [1.165, 1.54) is 0 Å². The van der Waals surface area contributed by atoms with Gasteiger partial charge in [0.1, 0.15) is 5.75 Å². The second-order valence-corrected chi connectivity index (χ2v) is 4.59. The number of rotatable bonds is 3. The normalized spacial score (nSPS) is 14.3. The van der Waals surface area contributed by atoms with Crippen LogP contribution in [0.4, 0.5) is 0 Å². The minimum atomic E-state index is -0.304. The highest BCUT2D eigenvalue weighted by atomic mass is 32.1. The summed E-state index contributed by atoms with van der Waals surface area (Å²) < 4.78 is 5.30. The summed E-state index contributed by atoms with van der Waals surface area (Å²) in [6, 6.07) is 7.42. The molecule has 0 aromatic heterocycles. The summed E-state index contributed by atoms with van der Waals surface area (Å²) in [6.07, 6.45) is 4.14. The minimum Gasteiger partial charge on any atom is -0.426 e. The monoisotopic (exact) mass is 259 g/mol. The maximum Gasteiger partial charge on any atom is 0.316 e. The second-order valence-electron chi connectivity index (χ2n) is 4.07. The fraction of sp³-hybridized carbons (Fsp3) is 0.214. The van der Waals surface area contributed by atoms with Crippen LogP contribution in [0.25, 0.3) is 0 Å². The SMILES string of the molecule is Cc1ccccc1OC(=O)CC1=NC=CC(=S)C1. The maximum atomic E-state index is 11.8. The molecule has 3 nitrogen and oxygen atoms in total. The highest BCUT2D eigenvalue weighted by Gasteiger charge is 2.13. The molecule has 1 heterocycles. The van der Waals surface area contributed by atoms with Gasteiger partial charge < -0.3 is 4.74 Å². The van der Waals surface area contributed by atoms with Gasteiger partial charge in [-0.1, -0.05) is 30.4 Å². The van der Waals surface area contributed by atoms with Gasteiger partial charge in [-0.15, -0.1) is 0 Å². The number of aryl methyl sites for hydroxylation is 1. The molecule has 0 saturated heterocycles. The van der Waals surface area contributed by atoms with E-state index in [2.05, 4.69) is 4.99 Å². The van der Waals surface area contributed by atoms with Crippen molar-refractivity contribution in [3.8, 4) is 5.75 Å². The van der Waals surface area contributed by atoms with Crippen LogP contribution in [0.15, 0.2) is 41.5 Å². The first-order valence-electron chi connectivity index (χ1n) is 5.66. The summed E-state index contributed by atoms with van der Waals surface area (Å²) in [5.41, 5.74) is 1.69. The largest absolute Gasteiger partial charge is 0.426 e. The molecular weight excluding hydrogens is 246 g/mol. The van der Waals surface area contributed by atoms with E-state index in [1.807, 2.05) is 25.1 Å². The lowest BCUT2D eigenvalue weighted by molar-refractivity contribution is -0.133. The molecule has 0 radical (unpaired) electrons. The van der Waals surface area contributed by atoms with Gasteiger partial charge >= 0.3 is 5.97 Å². The average molecular weight is 259 g/mol. The zero-order valence-corrected chi connectivity index (χ0v) is 10.9. The van der Waals surface area contributed by atoms with Crippen LogP contribution < -0.4 is 4.74 Å². The van der Waals surface area contributed by atoms with Crippen molar-refractivity contribution in [1.82, 2.24) is 0 Å². The maximum absolute atomic E-state index is 11.8. The smallest absolute Gasteiger partial charge is 0.316 e. The molecular formula is C14H13NO2S. The van der Waals surface area contributed by atoms with Crippen LogP contribution in [-0.4, -0.2) is 16.5 Å². The topological polar surface area (TPSA) is 38.7 Å². The van der Waals surface area contributed by atoms with Crippen molar-refractivity contribution >= 4 is 28.8 Å². The summed E-state index contributed by atoms with van der Waals surface area (Å²) in [6.45, 7) is 1.90. The molecule has 0 atom stereocenters. The molecule has 1 aromatic carbocycles. The summed E-state index contributed by atoms with van der Waals surface area (Å²) in [4.78, 5) is 16.7. The lowest BCUT2D eigenvalue weighted by Crippen LogP contribution is -2.17. The van der Waals surface area contributed by atoms with E-state index in [0.717, 1.165) is 16.1 Å². The number of esters is 1. The van der Waals surface area contributed by atoms with Crippen molar-refractivity contribution in [1.29, 1.82) is 0 Å². The van der Waals surface area contributed by atoms with Crippen LogP contribution in [0, 0.1) is 6.92 Å². The number of allylic oxidation sites excluding steroid dienone is 1. The van der Waals surface area contributed by atoms with Crippen LogP contribution >= 0.6 is 12.2 Å². The van der Waals surface area contributed by atoms with Gasteiger partial charge in [0.15, 0.2) is 0 Å². The summed E-state index contributed by atoms with van der Waals surface area (Å²) in [7, 11) is 0. The standard InChI is InChI=1S/C14H13NO2S/c1-10-4-2-3-5-13(10)17-14(16)9-11-8-12(18)6-7-15-11/h2-7H,8-9H2,1H3.